The third-order valence-corrected chi connectivity index (χ3v) is 5.59. The summed E-state index contributed by atoms with van der Waals surface area (Å²) in [6, 6.07) is 4.05. The second-order valence-electron chi connectivity index (χ2n) is 7.83. The van der Waals surface area contributed by atoms with Crippen molar-refractivity contribution in [3.63, 3.8) is 0 Å². The summed E-state index contributed by atoms with van der Waals surface area (Å²) in [4.78, 5) is 30.3. The number of carbonyl (C=O) groups is 1. The summed E-state index contributed by atoms with van der Waals surface area (Å²) in [6.07, 6.45) is 7.81. The number of rotatable bonds is 6. The van der Waals surface area contributed by atoms with E-state index in [1.165, 1.54) is 31.8 Å². The number of nitrogens with zero attached hydrogens (tertiary/aromatic N) is 6. The standard InChI is InChI=1S/C22H23FN8O3S/c1-24-20-18(13-9-25-10-16-17(13)26-11-31(16)2)28-19(22(32)34-3)21(29-20)27-15-7-6-12(8-14(15)23)30-35(4,5)33/h6-11H,1-5H3,(H2,24,27,29). The molecule has 0 saturated carbocycles. The molecule has 0 fully saturated rings. The SMILES string of the molecule is CNc1nc(Nc2ccc(N=S(C)(C)=O)cc2F)c(C(=O)OC)nc1-c1cncc2c1ncn2C. The minimum Gasteiger partial charge on any atom is -0.464 e. The van der Waals surface area contributed by atoms with Crippen LogP contribution >= 0.6 is 0 Å². The first-order valence-electron chi connectivity index (χ1n) is 10.3. The van der Waals surface area contributed by atoms with Crippen molar-refractivity contribution in [1.82, 2.24) is 24.5 Å². The number of nitrogens with one attached hydrogen (secondary N) is 2. The zero-order chi connectivity index (χ0) is 25.3. The summed E-state index contributed by atoms with van der Waals surface area (Å²) in [5.74, 6) is -1.16. The summed E-state index contributed by atoms with van der Waals surface area (Å²) in [5.41, 5.74) is 2.35. The molecule has 0 saturated heterocycles. The molecule has 0 aliphatic carbocycles. The monoisotopic (exact) mass is 498 g/mol. The van der Waals surface area contributed by atoms with Gasteiger partial charge in [-0.25, -0.2) is 28.3 Å². The second kappa shape index (κ2) is 9.25. The van der Waals surface area contributed by atoms with Gasteiger partial charge in [0.05, 0.1) is 42.1 Å². The first kappa shape index (κ1) is 24.0. The molecular weight excluding hydrogens is 475 g/mol. The lowest BCUT2D eigenvalue weighted by molar-refractivity contribution is 0.0595. The van der Waals surface area contributed by atoms with E-state index < -0.39 is 21.5 Å². The van der Waals surface area contributed by atoms with Gasteiger partial charge in [0.2, 0.25) is 0 Å². The number of benzene rings is 1. The summed E-state index contributed by atoms with van der Waals surface area (Å²) in [6.45, 7) is 0. The van der Waals surface area contributed by atoms with Crippen LogP contribution < -0.4 is 10.6 Å². The third-order valence-electron chi connectivity index (χ3n) is 4.94. The van der Waals surface area contributed by atoms with E-state index in [9.17, 15) is 13.4 Å². The van der Waals surface area contributed by atoms with E-state index in [4.69, 9.17) is 4.74 Å². The zero-order valence-electron chi connectivity index (χ0n) is 19.7. The Morgan fingerprint density at radius 3 is 2.63 bits per heavy atom. The van der Waals surface area contributed by atoms with Gasteiger partial charge in [-0.15, -0.1) is 0 Å². The largest absolute Gasteiger partial charge is 0.464 e. The summed E-state index contributed by atoms with van der Waals surface area (Å²) in [5, 5.41) is 5.76. The lowest BCUT2D eigenvalue weighted by Crippen LogP contribution is -2.13. The van der Waals surface area contributed by atoms with Crippen molar-refractivity contribution in [2.24, 2.45) is 11.4 Å². The van der Waals surface area contributed by atoms with Gasteiger partial charge in [-0.05, 0) is 12.1 Å². The molecule has 0 radical (unpaired) electrons. The van der Waals surface area contributed by atoms with Crippen LogP contribution in [0.25, 0.3) is 22.3 Å². The first-order valence-corrected chi connectivity index (χ1v) is 12.6. The molecule has 182 valence electrons. The molecule has 0 unspecified atom stereocenters. The number of anilines is 3. The van der Waals surface area contributed by atoms with Gasteiger partial charge < -0.3 is 19.9 Å². The number of fused-ring (bicyclic) bond motifs is 1. The van der Waals surface area contributed by atoms with Gasteiger partial charge in [-0.3, -0.25) is 4.98 Å². The summed E-state index contributed by atoms with van der Waals surface area (Å²) >= 11 is 0. The highest BCUT2D eigenvalue weighted by Crippen LogP contribution is 2.33. The molecule has 0 amide bonds. The highest BCUT2D eigenvalue weighted by atomic mass is 32.2. The maximum absolute atomic E-state index is 14.8. The van der Waals surface area contributed by atoms with Gasteiger partial charge in [0.1, 0.15) is 17.0 Å². The number of esters is 1. The fourth-order valence-electron chi connectivity index (χ4n) is 3.38. The van der Waals surface area contributed by atoms with Crippen LogP contribution in [-0.4, -0.2) is 61.4 Å². The minimum absolute atomic E-state index is 0.0189. The molecular formula is C22H23FN8O3S. The number of ether oxygens (including phenoxy) is 1. The molecule has 4 rings (SSSR count). The van der Waals surface area contributed by atoms with E-state index in [2.05, 4.69) is 34.9 Å². The van der Waals surface area contributed by atoms with Crippen molar-refractivity contribution >= 4 is 49.7 Å². The van der Waals surface area contributed by atoms with Crippen LogP contribution in [0.15, 0.2) is 41.3 Å². The van der Waals surface area contributed by atoms with Gasteiger partial charge in [-0.1, -0.05) is 0 Å². The Morgan fingerprint density at radius 1 is 1.20 bits per heavy atom. The van der Waals surface area contributed by atoms with Crippen LogP contribution in [0.5, 0.6) is 0 Å². The minimum atomic E-state index is -2.46. The van der Waals surface area contributed by atoms with Crippen molar-refractivity contribution < 1.29 is 18.1 Å². The number of aryl methyl sites for hydroxylation is 1. The lowest BCUT2D eigenvalue weighted by Gasteiger charge is -2.15. The van der Waals surface area contributed by atoms with Crippen LogP contribution in [0.1, 0.15) is 10.5 Å². The second-order valence-corrected chi connectivity index (χ2v) is 10.4. The molecule has 0 bridgehead atoms. The molecule has 2 N–H and O–H groups in total. The quantitative estimate of drug-likeness (QED) is 0.383. The highest BCUT2D eigenvalue weighted by molar-refractivity contribution is 7.92. The molecule has 0 atom stereocenters. The molecule has 1 aromatic carbocycles. The average molecular weight is 499 g/mol. The molecule has 0 aliphatic rings. The van der Waals surface area contributed by atoms with Gasteiger partial charge in [0, 0.05) is 48.6 Å². The number of carbonyl (C=O) groups excluding carboxylic acids is 1. The van der Waals surface area contributed by atoms with Crippen LogP contribution in [0.3, 0.4) is 0 Å². The summed E-state index contributed by atoms with van der Waals surface area (Å²) in [7, 11) is 2.24. The van der Waals surface area contributed by atoms with E-state index in [0.717, 1.165) is 11.6 Å². The van der Waals surface area contributed by atoms with Crippen molar-refractivity contribution in [2.45, 2.75) is 0 Å². The van der Waals surface area contributed by atoms with Gasteiger partial charge in [0.15, 0.2) is 17.3 Å². The number of imidazole rings is 1. The normalized spacial score (nSPS) is 11.4. The van der Waals surface area contributed by atoms with Gasteiger partial charge in [-0.2, -0.15) is 4.36 Å². The molecule has 13 heteroatoms. The maximum atomic E-state index is 14.8. The summed E-state index contributed by atoms with van der Waals surface area (Å²) < 4.78 is 37.4. The van der Waals surface area contributed by atoms with Crippen molar-refractivity contribution in [3.8, 4) is 11.3 Å². The van der Waals surface area contributed by atoms with E-state index in [-0.39, 0.29) is 22.9 Å². The van der Waals surface area contributed by atoms with Crippen LogP contribution in [0, 0.1) is 5.82 Å². The molecule has 3 aromatic heterocycles. The van der Waals surface area contributed by atoms with Crippen LogP contribution in [0.4, 0.5) is 27.4 Å². The Labute approximate surface area is 201 Å². The fourth-order valence-corrected chi connectivity index (χ4v) is 4.00. The Kier molecular flexibility index (Phi) is 6.35. The van der Waals surface area contributed by atoms with Crippen molar-refractivity contribution in [1.29, 1.82) is 0 Å². The topological polar surface area (TPSA) is 136 Å². The Balaban J connectivity index is 1.84. The number of methoxy groups -OCH3 is 1. The number of hydrogen-bond acceptors (Lipinski definition) is 10. The predicted molar refractivity (Wildman–Crippen MR) is 132 cm³/mol. The molecule has 3 heterocycles. The predicted octanol–water partition coefficient (Wildman–Crippen LogP) is 3.50. The third kappa shape index (κ3) is 4.89. The number of pyridine rings is 1. The Hall–Kier alpha value is -4.13. The van der Waals surface area contributed by atoms with E-state index in [1.54, 1.807) is 25.8 Å². The van der Waals surface area contributed by atoms with E-state index >= 15 is 0 Å². The Morgan fingerprint density at radius 2 is 1.97 bits per heavy atom. The van der Waals surface area contributed by atoms with Crippen molar-refractivity contribution in [3.05, 3.63) is 48.4 Å². The molecule has 0 spiro atoms. The number of halogens is 1. The molecule has 35 heavy (non-hydrogen) atoms. The molecule has 4 aromatic rings. The van der Waals surface area contributed by atoms with Gasteiger partial charge in [0.25, 0.3) is 0 Å². The van der Waals surface area contributed by atoms with E-state index in [0.29, 0.717) is 22.6 Å². The smallest absolute Gasteiger partial charge is 0.360 e. The molecule has 0 aliphatic heterocycles. The fraction of sp³-hybridized carbons (Fsp3) is 0.227. The first-order chi connectivity index (χ1) is 16.6. The van der Waals surface area contributed by atoms with E-state index in [1.807, 2.05) is 11.6 Å². The maximum Gasteiger partial charge on any atom is 0.360 e. The number of aromatic nitrogens is 5. The number of hydrogen-bond donors (Lipinski definition) is 2. The Bertz CT molecular complexity index is 1570. The van der Waals surface area contributed by atoms with Crippen molar-refractivity contribution in [2.75, 3.05) is 37.3 Å². The van der Waals surface area contributed by atoms with Crippen LogP contribution in [-0.2, 0) is 21.5 Å². The van der Waals surface area contributed by atoms with Gasteiger partial charge >= 0.3 is 5.97 Å². The molecule has 11 nitrogen and oxygen atoms in total. The average Bonchev–Trinajstić information content (AvgIpc) is 3.20. The highest BCUT2D eigenvalue weighted by Gasteiger charge is 2.23. The zero-order valence-corrected chi connectivity index (χ0v) is 20.5. The lowest BCUT2D eigenvalue weighted by atomic mass is 10.1. The van der Waals surface area contributed by atoms with Crippen LogP contribution in [0.2, 0.25) is 0 Å².